The van der Waals surface area contributed by atoms with Gasteiger partial charge < -0.3 is 11.5 Å². The van der Waals surface area contributed by atoms with Crippen LogP contribution in [0.25, 0.3) is 21.6 Å². The average molecular weight is 537 g/mol. The molecule has 0 saturated heterocycles. The fourth-order valence-corrected chi connectivity index (χ4v) is 4.95. The Morgan fingerprint density at radius 1 is 1.10 bits per heavy atom. The number of amides is 1. The molecule has 0 aliphatic rings. The first-order valence-electron chi connectivity index (χ1n) is 12.0. The normalized spacial score (nSPS) is 10.6. The van der Waals surface area contributed by atoms with Crippen molar-refractivity contribution in [3.63, 3.8) is 0 Å². The predicted octanol–water partition coefficient (Wildman–Crippen LogP) is 3.13. The molecular weight excluding hydrogens is 512 g/mol. The number of thiazole rings is 1. The molecule has 11 heteroatoms. The average Bonchev–Trinajstić information content (AvgIpc) is 3.63. The molecule has 5 aromatic heterocycles. The highest BCUT2D eigenvalue weighted by molar-refractivity contribution is 7.15. The first kappa shape index (κ1) is 25.4. The third kappa shape index (κ3) is 5.01. The molecule has 6 aromatic rings. The van der Waals surface area contributed by atoms with Crippen molar-refractivity contribution in [1.82, 2.24) is 28.8 Å². The lowest BCUT2D eigenvalue weighted by Gasteiger charge is -2.07. The summed E-state index contributed by atoms with van der Waals surface area (Å²) in [6, 6.07) is 15.0. The molecule has 10 nitrogen and oxygen atoms in total. The van der Waals surface area contributed by atoms with Crippen LogP contribution in [0.5, 0.6) is 0 Å². The number of pyridine rings is 1. The van der Waals surface area contributed by atoms with Gasteiger partial charge in [0.1, 0.15) is 11.3 Å². The van der Waals surface area contributed by atoms with E-state index in [1.54, 1.807) is 39.7 Å². The summed E-state index contributed by atoms with van der Waals surface area (Å²) >= 11 is 1.43. The van der Waals surface area contributed by atoms with E-state index < -0.39 is 5.91 Å². The van der Waals surface area contributed by atoms with Gasteiger partial charge in [-0.2, -0.15) is 5.10 Å². The fraction of sp³-hybridized carbons (Fsp3) is 0.107. The second kappa shape index (κ2) is 10.6. The number of nitrogens with zero attached hydrogens (tertiary/aromatic N) is 6. The lowest BCUT2D eigenvalue weighted by molar-refractivity contribution is 0.100. The number of aryl methyl sites for hydroxylation is 2. The van der Waals surface area contributed by atoms with Crippen molar-refractivity contribution < 1.29 is 4.79 Å². The lowest BCUT2D eigenvalue weighted by atomic mass is 10.0. The maximum atomic E-state index is 13.3. The Labute approximate surface area is 227 Å². The van der Waals surface area contributed by atoms with E-state index in [0.717, 1.165) is 16.8 Å². The first-order chi connectivity index (χ1) is 18.9. The molecule has 0 fully saturated rings. The molecule has 39 heavy (non-hydrogen) atoms. The van der Waals surface area contributed by atoms with Crippen LogP contribution in [-0.2, 0) is 13.5 Å². The molecule has 0 unspecified atom stereocenters. The van der Waals surface area contributed by atoms with Crippen LogP contribution in [0.2, 0.25) is 0 Å². The van der Waals surface area contributed by atoms with E-state index in [2.05, 4.69) is 22.0 Å². The van der Waals surface area contributed by atoms with Crippen molar-refractivity contribution >= 4 is 33.5 Å². The minimum atomic E-state index is -0.557. The topological polar surface area (TPSA) is 139 Å². The van der Waals surface area contributed by atoms with E-state index in [-0.39, 0.29) is 16.9 Å². The molecule has 0 bridgehead atoms. The Hall–Kier alpha value is -5.21. The third-order valence-electron chi connectivity index (χ3n) is 5.89. The summed E-state index contributed by atoms with van der Waals surface area (Å²) in [5.41, 5.74) is 15.3. The summed E-state index contributed by atoms with van der Waals surface area (Å²) in [7, 11) is 1.85. The SMILES string of the molecule is CCc1nc2scc(C#Cc3cnn(C)c3)n2c(=O)c1-c1ccccc1.NC(=O)c1c(N)nn2ccccc12. The quantitative estimate of drug-likeness (QED) is 0.333. The highest BCUT2D eigenvalue weighted by Crippen LogP contribution is 2.22. The smallest absolute Gasteiger partial charge is 0.267 e. The van der Waals surface area contributed by atoms with Crippen molar-refractivity contribution in [3.05, 3.63) is 105 Å². The molecule has 4 N–H and O–H groups in total. The van der Waals surface area contributed by atoms with Crippen LogP contribution in [0.3, 0.4) is 0 Å². The van der Waals surface area contributed by atoms with Crippen molar-refractivity contribution in [1.29, 1.82) is 0 Å². The van der Waals surface area contributed by atoms with Gasteiger partial charge in [0.05, 0.1) is 28.5 Å². The minimum absolute atomic E-state index is 0.0743. The Morgan fingerprint density at radius 3 is 2.56 bits per heavy atom. The van der Waals surface area contributed by atoms with Gasteiger partial charge in [-0.3, -0.25) is 14.3 Å². The summed E-state index contributed by atoms with van der Waals surface area (Å²) in [6.45, 7) is 2.02. The van der Waals surface area contributed by atoms with E-state index in [1.807, 2.05) is 55.9 Å². The highest BCUT2D eigenvalue weighted by atomic mass is 32.1. The number of fused-ring (bicyclic) bond motifs is 2. The molecule has 194 valence electrons. The van der Waals surface area contributed by atoms with Gasteiger partial charge in [-0.25, -0.2) is 13.9 Å². The number of rotatable bonds is 3. The minimum Gasteiger partial charge on any atom is -0.382 e. The highest BCUT2D eigenvalue weighted by Gasteiger charge is 2.16. The molecule has 1 aromatic carbocycles. The fourth-order valence-electron chi connectivity index (χ4n) is 4.12. The Bertz CT molecular complexity index is 1940. The Kier molecular flexibility index (Phi) is 6.94. The Balaban J connectivity index is 0.000000198. The standard InChI is InChI=1S/C20H16N4OS.C8H8N4O/c1-3-17-18(15-7-5-4-6-8-15)19(25)24-16(13-26-20(24)22-17)10-9-14-11-21-23(2)12-14;9-7-6(8(10)13)5-3-1-2-4-12(5)11-7/h4-8,11-13H,3H2,1-2H3;1-4H,(H2,9,11)(H2,10,13). The van der Waals surface area contributed by atoms with Gasteiger partial charge in [0.25, 0.3) is 11.5 Å². The van der Waals surface area contributed by atoms with Gasteiger partial charge in [-0.1, -0.05) is 49.2 Å². The number of nitrogen functional groups attached to an aromatic ring is 1. The zero-order valence-electron chi connectivity index (χ0n) is 21.2. The van der Waals surface area contributed by atoms with Gasteiger partial charge in [0.15, 0.2) is 10.8 Å². The number of aromatic nitrogens is 6. The number of hydrogen-bond donors (Lipinski definition) is 2. The zero-order chi connectivity index (χ0) is 27.5. The molecule has 0 aliphatic carbocycles. The molecular formula is C28H24N8O2S. The second-order valence-corrected chi connectivity index (χ2v) is 9.34. The zero-order valence-corrected chi connectivity index (χ0v) is 22.0. The number of benzene rings is 1. The summed E-state index contributed by atoms with van der Waals surface area (Å²) < 4.78 is 4.83. The molecule has 0 aliphatic heterocycles. The number of carbonyl (C=O) groups is 1. The number of hydrogen-bond acceptors (Lipinski definition) is 7. The van der Waals surface area contributed by atoms with Gasteiger partial charge >= 0.3 is 0 Å². The number of primary amides is 1. The van der Waals surface area contributed by atoms with Gasteiger partial charge in [0, 0.05) is 24.8 Å². The number of anilines is 1. The second-order valence-electron chi connectivity index (χ2n) is 8.50. The lowest BCUT2D eigenvalue weighted by Crippen LogP contribution is -2.19. The summed E-state index contributed by atoms with van der Waals surface area (Å²) in [5, 5.41) is 9.91. The first-order valence-corrected chi connectivity index (χ1v) is 12.9. The van der Waals surface area contributed by atoms with Crippen molar-refractivity contribution in [2.75, 3.05) is 5.73 Å². The van der Waals surface area contributed by atoms with Gasteiger partial charge in [0.2, 0.25) is 0 Å². The molecule has 0 saturated carbocycles. The molecule has 0 spiro atoms. The van der Waals surface area contributed by atoms with Crippen LogP contribution in [-0.4, -0.2) is 34.7 Å². The largest absolute Gasteiger partial charge is 0.382 e. The van der Waals surface area contributed by atoms with Crippen molar-refractivity contribution in [2.45, 2.75) is 13.3 Å². The van der Waals surface area contributed by atoms with Gasteiger partial charge in [-0.05, 0) is 30.0 Å². The van der Waals surface area contributed by atoms with E-state index in [9.17, 15) is 9.59 Å². The number of nitrogens with two attached hydrogens (primary N) is 2. The summed E-state index contributed by atoms with van der Waals surface area (Å²) in [4.78, 5) is 29.6. The maximum Gasteiger partial charge on any atom is 0.267 e. The Morgan fingerprint density at radius 2 is 1.87 bits per heavy atom. The van der Waals surface area contributed by atoms with Crippen molar-refractivity contribution in [3.8, 4) is 23.0 Å². The van der Waals surface area contributed by atoms with Gasteiger partial charge in [-0.15, -0.1) is 16.4 Å². The van der Waals surface area contributed by atoms with E-state index >= 15 is 0 Å². The van der Waals surface area contributed by atoms with Crippen LogP contribution in [0.1, 0.15) is 34.2 Å². The van der Waals surface area contributed by atoms with Crippen LogP contribution in [0.15, 0.2) is 77.3 Å². The molecule has 0 radical (unpaired) electrons. The van der Waals surface area contributed by atoms with Crippen LogP contribution < -0.4 is 17.0 Å². The third-order valence-corrected chi connectivity index (χ3v) is 6.72. The van der Waals surface area contributed by atoms with Crippen molar-refractivity contribution in [2.24, 2.45) is 12.8 Å². The summed E-state index contributed by atoms with van der Waals surface area (Å²) in [5.74, 6) is 5.75. The monoisotopic (exact) mass is 536 g/mol. The molecule has 0 atom stereocenters. The maximum absolute atomic E-state index is 13.3. The summed E-state index contributed by atoms with van der Waals surface area (Å²) in [6.07, 6.45) is 5.95. The molecule has 1 amide bonds. The molecule has 5 heterocycles. The van der Waals surface area contributed by atoms with Crippen LogP contribution >= 0.6 is 11.3 Å². The van der Waals surface area contributed by atoms with E-state index in [4.69, 9.17) is 16.5 Å². The molecule has 6 rings (SSSR count). The van der Waals surface area contributed by atoms with Crippen LogP contribution in [0.4, 0.5) is 5.82 Å². The predicted molar refractivity (Wildman–Crippen MR) is 151 cm³/mol. The van der Waals surface area contributed by atoms with E-state index in [1.165, 1.54) is 15.9 Å². The number of carbonyl (C=O) groups excluding carboxylic acids is 1. The van der Waals surface area contributed by atoms with E-state index in [0.29, 0.717) is 28.2 Å². The van der Waals surface area contributed by atoms with Crippen LogP contribution in [0, 0.1) is 11.8 Å².